The number of likely N-dealkylation sites (N-methyl/N-ethyl adjacent to an activating group) is 2. The fourth-order valence-corrected chi connectivity index (χ4v) is 8.93. The predicted octanol–water partition coefficient (Wildman–Crippen LogP) is 12.5. The van der Waals surface area contributed by atoms with E-state index in [1.54, 1.807) is 130 Å². The van der Waals surface area contributed by atoms with Crippen LogP contribution in [0.15, 0.2) is 121 Å². The number of aryl methyl sites for hydroxylation is 2. The standard InChI is InChI=1S/C26H23Cl3N2O4.C19H21ClN2O3.C7H3Cl3O/c1-15-6-4-7-18(27)22(15)25(33)31(2)21(26(34)35-3)14-16-10-12-17(13-11-16)30-24(32)23-19(28)8-5-9-20(23)29;1-12-5-4-6-15(20)17(12)18(23)22(2)16(19(24)25-3)11-13-7-9-14(21)10-8-13;8-4-2-1-3-5(9)6(4)7(10)11/h4-13,21H,14H2,1-3H3,(H,30,32);4-10,16H,11,21H2,1-3H3;1-3H. The van der Waals surface area contributed by atoms with Crippen LogP contribution in [0.4, 0.5) is 11.4 Å². The van der Waals surface area contributed by atoms with E-state index in [0.717, 1.165) is 16.7 Å². The lowest BCUT2D eigenvalue weighted by atomic mass is 10.0. The van der Waals surface area contributed by atoms with Crippen molar-refractivity contribution in [2.24, 2.45) is 0 Å². The van der Waals surface area contributed by atoms with Gasteiger partial charge in [-0.1, -0.05) is 130 Å². The molecule has 2 atom stereocenters. The molecule has 0 aliphatic carbocycles. The van der Waals surface area contributed by atoms with Crippen LogP contribution in [0.5, 0.6) is 0 Å². The summed E-state index contributed by atoms with van der Waals surface area (Å²) in [5, 5.41) is 3.82. The minimum atomic E-state index is -0.884. The lowest BCUT2D eigenvalue weighted by Crippen LogP contribution is -2.44. The van der Waals surface area contributed by atoms with Crippen LogP contribution in [-0.4, -0.2) is 85.1 Å². The van der Waals surface area contributed by atoms with Crippen molar-refractivity contribution in [1.82, 2.24) is 9.80 Å². The number of nitrogens with two attached hydrogens (primary N) is 1. The molecule has 0 spiro atoms. The summed E-state index contributed by atoms with van der Waals surface area (Å²) < 4.78 is 9.84. The van der Waals surface area contributed by atoms with Crippen LogP contribution < -0.4 is 11.1 Å². The van der Waals surface area contributed by atoms with E-state index >= 15 is 0 Å². The van der Waals surface area contributed by atoms with E-state index in [4.69, 9.17) is 96.4 Å². The summed E-state index contributed by atoms with van der Waals surface area (Å²) in [4.78, 5) is 76.9. The predicted molar refractivity (Wildman–Crippen MR) is 284 cm³/mol. The number of methoxy groups -OCH3 is 2. The molecule has 3 amide bonds. The smallest absolute Gasteiger partial charge is 0.328 e. The van der Waals surface area contributed by atoms with Crippen LogP contribution in [0.1, 0.15) is 63.7 Å². The molecule has 0 fully saturated rings. The molecule has 3 N–H and O–H groups in total. The monoisotopic (exact) mass is 1100 g/mol. The van der Waals surface area contributed by atoms with Gasteiger partial charge in [0, 0.05) is 38.3 Å². The Bertz CT molecular complexity index is 2820. The Morgan fingerprint density at radius 3 is 1.15 bits per heavy atom. The van der Waals surface area contributed by atoms with Crippen molar-refractivity contribution >= 4 is 127 Å². The third-order valence-electron chi connectivity index (χ3n) is 10.8. The van der Waals surface area contributed by atoms with Crippen LogP contribution >= 0.6 is 81.2 Å². The molecular formula is C52H47Cl7N4O8. The van der Waals surface area contributed by atoms with Crippen LogP contribution in [-0.2, 0) is 31.9 Å². The Kier molecular flexibility index (Phi) is 22.1. The topological polar surface area (TPSA) is 165 Å². The molecule has 6 rings (SSSR count). The molecular weight excluding hydrogens is 1060 g/mol. The molecule has 0 radical (unpaired) electrons. The van der Waals surface area contributed by atoms with Gasteiger partial charge in [-0.05, 0) is 108 Å². The number of rotatable bonds is 13. The number of nitrogens with zero attached hydrogens (tertiary/aromatic N) is 2. The summed E-state index contributed by atoms with van der Waals surface area (Å²) in [5.41, 5.74) is 11.0. The summed E-state index contributed by atoms with van der Waals surface area (Å²) in [6, 6.07) is 32.4. The molecule has 0 aromatic heterocycles. The Balaban J connectivity index is 0.000000263. The Morgan fingerprint density at radius 2 is 0.831 bits per heavy atom. The summed E-state index contributed by atoms with van der Waals surface area (Å²) in [6.45, 7) is 3.59. The van der Waals surface area contributed by atoms with E-state index in [1.807, 2.05) is 12.1 Å². The normalized spacial score (nSPS) is 11.3. The number of halogens is 7. The molecule has 71 heavy (non-hydrogen) atoms. The molecule has 6 aromatic rings. The molecule has 0 aliphatic heterocycles. The molecule has 6 aromatic carbocycles. The number of esters is 2. The van der Waals surface area contributed by atoms with Gasteiger partial charge < -0.3 is 30.3 Å². The highest BCUT2D eigenvalue weighted by Gasteiger charge is 2.32. The van der Waals surface area contributed by atoms with Gasteiger partial charge in [0.15, 0.2) is 0 Å². The third kappa shape index (κ3) is 15.6. The minimum Gasteiger partial charge on any atom is -0.467 e. The van der Waals surface area contributed by atoms with E-state index in [9.17, 15) is 28.8 Å². The molecule has 19 heteroatoms. The van der Waals surface area contributed by atoms with Gasteiger partial charge in [-0.2, -0.15) is 0 Å². The van der Waals surface area contributed by atoms with Crippen molar-refractivity contribution in [3.8, 4) is 0 Å². The van der Waals surface area contributed by atoms with E-state index in [1.165, 1.54) is 31.1 Å². The number of amides is 3. The zero-order chi connectivity index (χ0) is 52.7. The molecule has 372 valence electrons. The summed E-state index contributed by atoms with van der Waals surface area (Å²) >= 11 is 41.1. The highest BCUT2D eigenvalue weighted by Crippen LogP contribution is 2.28. The molecule has 0 saturated carbocycles. The highest BCUT2D eigenvalue weighted by atomic mass is 35.5. The largest absolute Gasteiger partial charge is 0.467 e. The first kappa shape index (κ1) is 57.7. The van der Waals surface area contributed by atoms with Gasteiger partial charge in [0.1, 0.15) is 12.1 Å². The summed E-state index contributed by atoms with van der Waals surface area (Å²) in [6.07, 6.45) is 0.516. The first-order valence-corrected chi connectivity index (χ1v) is 23.8. The van der Waals surface area contributed by atoms with E-state index in [-0.39, 0.29) is 49.5 Å². The molecule has 0 aliphatic rings. The summed E-state index contributed by atoms with van der Waals surface area (Å²) in [7, 11) is 5.68. The highest BCUT2D eigenvalue weighted by molar-refractivity contribution is 6.70. The number of hydrogen-bond donors (Lipinski definition) is 2. The number of anilines is 2. The zero-order valence-corrected chi connectivity index (χ0v) is 44.3. The van der Waals surface area contributed by atoms with E-state index in [0.29, 0.717) is 44.5 Å². The van der Waals surface area contributed by atoms with Crippen LogP contribution in [0, 0.1) is 13.8 Å². The molecule has 0 saturated heterocycles. The first-order chi connectivity index (χ1) is 33.6. The average Bonchev–Trinajstić information content (AvgIpc) is 3.32. The number of nitrogen functional groups attached to an aromatic ring is 1. The average molecular weight is 1100 g/mol. The minimum absolute atomic E-state index is 0.164. The van der Waals surface area contributed by atoms with Gasteiger partial charge >= 0.3 is 11.9 Å². The van der Waals surface area contributed by atoms with E-state index < -0.39 is 35.2 Å². The van der Waals surface area contributed by atoms with Gasteiger partial charge in [-0.25, -0.2) is 9.59 Å². The molecule has 2 unspecified atom stereocenters. The van der Waals surface area contributed by atoms with Crippen molar-refractivity contribution in [2.45, 2.75) is 38.8 Å². The third-order valence-corrected chi connectivity index (χ3v) is 12.9. The van der Waals surface area contributed by atoms with Crippen molar-refractivity contribution in [3.05, 3.63) is 196 Å². The number of ether oxygens (including phenoxy) is 2. The maximum Gasteiger partial charge on any atom is 0.328 e. The van der Waals surface area contributed by atoms with Crippen molar-refractivity contribution in [1.29, 1.82) is 0 Å². The van der Waals surface area contributed by atoms with Crippen LogP contribution in [0.2, 0.25) is 30.1 Å². The maximum absolute atomic E-state index is 13.2. The Hall–Kier alpha value is -5.83. The summed E-state index contributed by atoms with van der Waals surface area (Å²) in [5.74, 6) is -2.20. The van der Waals surface area contributed by atoms with Gasteiger partial charge in [0.05, 0.1) is 66.6 Å². The quantitative estimate of drug-likeness (QED) is 0.0650. The Labute approximate surface area is 446 Å². The number of carbonyl (C=O) groups is 6. The zero-order valence-electron chi connectivity index (χ0n) is 39.0. The van der Waals surface area contributed by atoms with Gasteiger partial charge in [-0.15, -0.1) is 0 Å². The molecule has 0 bridgehead atoms. The van der Waals surface area contributed by atoms with Crippen molar-refractivity contribution in [2.75, 3.05) is 39.4 Å². The van der Waals surface area contributed by atoms with Gasteiger partial charge in [-0.3, -0.25) is 19.2 Å². The maximum atomic E-state index is 13.2. The van der Waals surface area contributed by atoms with Crippen molar-refractivity contribution in [3.63, 3.8) is 0 Å². The first-order valence-electron chi connectivity index (χ1n) is 21.1. The second-order valence-corrected chi connectivity index (χ2v) is 18.3. The number of benzene rings is 6. The lowest BCUT2D eigenvalue weighted by Gasteiger charge is -2.27. The number of hydrogen-bond acceptors (Lipinski definition) is 9. The van der Waals surface area contributed by atoms with Gasteiger partial charge in [0.25, 0.3) is 23.0 Å². The number of nitrogens with one attached hydrogen (secondary N) is 1. The lowest BCUT2D eigenvalue weighted by molar-refractivity contribution is -0.146. The van der Waals surface area contributed by atoms with Gasteiger partial charge in [0.2, 0.25) is 0 Å². The molecule has 12 nitrogen and oxygen atoms in total. The SMILES string of the molecule is COC(=O)C(Cc1ccc(N)cc1)N(C)C(=O)c1c(C)cccc1Cl.COC(=O)C(Cc1ccc(NC(=O)c2c(Cl)cccc2Cl)cc1)N(C)C(=O)c1c(C)cccc1Cl.O=C(Cl)c1c(Cl)cccc1Cl. The fraction of sp³-hybridized carbons (Fsp3) is 0.192. The van der Waals surface area contributed by atoms with Crippen molar-refractivity contribution < 1.29 is 38.2 Å². The fourth-order valence-electron chi connectivity index (χ4n) is 6.89. The van der Waals surface area contributed by atoms with Crippen LogP contribution in [0.3, 0.4) is 0 Å². The Morgan fingerprint density at radius 1 is 0.507 bits per heavy atom. The second-order valence-electron chi connectivity index (χ2n) is 15.5. The van der Waals surface area contributed by atoms with E-state index in [2.05, 4.69) is 5.32 Å². The molecule has 0 heterocycles. The van der Waals surface area contributed by atoms with Crippen LogP contribution in [0.25, 0.3) is 0 Å². The number of carbonyl (C=O) groups excluding carboxylic acids is 6. The second kappa shape index (κ2) is 27.1.